The Morgan fingerprint density at radius 2 is 1.31 bits per heavy atom. The van der Waals surface area contributed by atoms with Gasteiger partial charge in [0.25, 0.3) is 0 Å². The Balaban J connectivity index is 5.10. The third kappa shape index (κ3) is 3.86. The third-order valence-electron chi connectivity index (χ3n) is 3.23. The van der Waals surface area contributed by atoms with Gasteiger partial charge in [-0.2, -0.15) is 0 Å². The Kier molecular flexibility index (Phi) is 6.23. The maximum absolute atomic E-state index is 6.27. The summed E-state index contributed by atoms with van der Waals surface area (Å²) < 4.78 is 12.5. The molecule has 0 aliphatic carbocycles. The first-order chi connectivity index (χ1) is 7.20. The molecule has 0 rings (SSSR count). The molecule has 0 saturated carbocycles. The number of hydrogen-bond donors (Lipinski definition) is 0. The molecule has 0 spiro atoms. The van der Waals surface area contributed by atoms with Gasteiger partial charge in [-0.15, -0.1) is 0 Å². The summed E-state index contributed by atoms with van der Waals surface area (Å²) >= 11 is 0. The molecule has 0 saturated heterocycles. The second-order valence-corrected chi connectivity index (χ2v) is 9.71. The van der Waals surface area contributed by atoms with E-state index in [4.69, 9.17) is 8.85 Å². The van der Waals surface area contributed by atoms with Crippen LogP contribution in [0.4, 0.5) is 0 Å². The minimum absolute atomic E-state index is 0.163. The molecule has 98 valence electrons. The van der Waals surface area contributed by atoms with Gasteiger partial charge in [0.05, 0.1) is 0 Å². The Morgan fingerprint density at radius 3 is 1.50 bits per heavy atom. The van der Waals surface area contributed by atoms with Crippen molar-refractivity contribution in [2.24, 2.45) is 0 Å². The van der Waals surface area contributed by atoms with Crippen LogP contribution in [0.25, 0.3) is 0 Å². The van der Waals surface area contributed by atoms with E-state index in [9.17, 15) is 0 Å². The lowest BCUT2D eigenvalue weighted by molar-refractivity contribution is 0.0859. The van der Waals surface area contributed by atoms with Crippen LogP contribution in [0.3, 0.4) is 0 Å². The van der Waals surface area contributed by atoms with Crippen LogP contribution in [0.5, 0.6) is 0 Å². The van der Waals surface area contributed by atoms with Crippen LogP contribution in [-0.2, 0) is 8.85 Å². The molecule has 0 atom stereocenters. The Labute approximate surface area is 103 Å². The van der Waals surface area contributed by atoms with Crippen molar-refractivity contribution in [1.82, 2.24) is 0 Å². The third-order valence-corrected chi connectivity index (χ3v) is 8.28. The molecule has 0 heterocycles. The molecule has 0 aromatic carbocycles. The van der Waals surface area contributed by atoms with Crippen molar-refractivity contribution in [3.63, 3.8) is 0 Å². The Hall–Kier alpha value is 0.137. The average molecular weight is 246 g/mol. The van der Waals surface area contributed by atoms with E-state index in [0.717, 1.165) is 12.5 Å². The minimum atomic E-state index is -2.12. The summed E-state index contributed by atoms with van der Waals surface area (Å²) in [5.74, 6) is 0. The van der Waals surface area contributed by atoms with Gasteiger partial charge in [-0.3, -0.25) is 0 Å². The summed E-state index contributed by atoms with van der Waals surface area (Å²) in [5, 5.41) is 0.163. The maximum Gasteiger partial charge on any atom is 0.344 e. The SMILES string of the molecule is CCC(C)(C)[Si](CC)(OC(C)C)OC(C)C. The van der Waals surface area contributed by atoms with Crippen LogP contribution in [-0.4, -0.2) is 20.8 Å². The summed E-state index contributed by atoms with van der Waals surface area (Å²) in [6.45, 7) is 17.4. The molecule has 0 aromatic rings. The largest absolute Gasteiger partial charge is 0.391 e. The second-order valence-electron chi connectivity index (χ2n) is 5.68. The molecule has 16 heavy (non-hydrogen) atoms. The standard InChI is InChI=1S/C13H30O2Si/c1-9-13(7,8)16(10-2,14-11(3)4)15-12(5)6/h11-12H,9-10H2,1-8H3. The summed E-state index contributed by atoms with van der Waals surface area (Å²) in [4.78, 5) is 0. The van der Waals surface area contributed by atoms with Gasteiger partial charge in [0.15, 0.2) is 0 Å². The fourth-order valence-corrected chi connectivity index (χ4v) is 6.07. The van der Waals surface area contributed by atoms with Crippen LogP contribution in [0.2, 0.25) is 11.1 Å². The zero-order valence-corrected chi connectivity index (χ0v) is 13.4. The quantitative estimate of drug-likeness (QED) is 0.616. The lowest BCUT2D eigenvalue weighted by atomic mass is 10.1. The Bertz CT molecular complexity index is 190. The van der Waals surface area contributed by atoms with Gasteiger partial charge in [-0.05, 0) is 40.2 Å². The molecule has 0 bridgehead atoms. The number of rotatable bonds is 7. The van der Waals surface area contributed by atoms with Crippen LogP contribution in [0.15, 0.2) is 0 Å². The van der Waals surface area contributed by atoms with E-state index in [1.165, 1.54) is 0 Å². The first kappa shape index (κ1) is 16.1. The second kappa shape index (κ2) is 6.17. The van der Waals surface area contributed by atoms with Crippen LogP contribution in [0.1, 0.15) is 61.8 Å². The van der Waals surface area contributed by atoms with E-state index in [2.05, 4.69) is 55.4 Å². The highest BCUT2D eigenvalue weighted by Crippen LogP contribution is 2.45. The smallest absolute Gasteiger partial charge is 0.344 e. The summed E-state index contributed by atoms with van der Waals surface area (Å²) in [6, 6.07) is 1.02. The predicted octanol–water partition coefficient (Wildman–Crippen LogP) is 4.49. The Morgan fingerprint density at radius 1 is 0.938 bits per heavy atom. The van der Waals surface area contributed by atoms with Crippen molar-refractivity contribution in [2.45, 2.75) is 85.1 Å². The van der Waals surface area contributed by atoms with Crippen molar-refractivity contribution >= 4 is 8.56 Å². The van der Waals surface area contributed by atoms with Crippen LogP contribution >= 0.6 is 0 Å². The van der Waals surface area contributed by atoms with Gasteiger partial charge < -0.3 is 8.85 Å². The lowest BCUT2D eigenvalue weighted by Crippen LogP contribution is -2.53. The van der Waals surface area contributed by atoms with Crippen molar-refractivity contribution in [1.29, 1.82) is 0 Å². The number of hydrogen-bond acceptors (Lipinski definition) is 2. The zero-order chi connectivity index (χ0) is 13.0. The van der Waals surface area contributed by atoms with E-state index in [1.807, 2.05) is 0 Å². The molecule has 0 aromatic heterocycles. The zero-order valence-electron chi connectivity index (χ0n) is 12.4. The van der Waals surface area contributed by atoms with Gasteiger partial charge in [0.2, 0.25) is 0 Å². The lowest BCUT2D eigenvalue weighted by Gasteiger charge is -2.44. The molecular weight excluding hydrogens is 216 g/mol. The normalized spacial score (nSPS) is 13.9. The highest BCUT2D eigenvalue weighted by molar-refractivity contribution is 6.70. The molecule has 3 heteroatoms. The molecule has 0 aliphatic heterocycles. The van der Waals surface area contributed by atoms with E-state index in [1.54, 1.807) is 0 Å². The van der Waals surface area contributed by atoms with Gasteiger partial charge in [-0.1, -0.05) is 27.7 Å². The van der Waals surface area contributed by atoms with Gasteiger partial charge in [0.1, 0.15) is 0 Å². The van der Waals surface area contributed by atoms with Crippen molar-refractivity contribution in [2.75, 3.05) is 0 Å². The molecule has 0 radical (unpaired) electrons. The molecule has 0 amide bonds. The fraction of sp³-hybridized carbons (Fsp3) is 1.00. The summed E-state index contributed by atoms with van der Waals surface area (Å²) in [5.41, 5.74) is 0. The molecule has 2 nitrogen and oxygen atoms in total. The summed E-state index contributed by atoms with van der Waals surface area (Å²) in [6.07, 6.45) is 1.60. The van der Waals surface area contributed by atoms with E-state index in [-0.39, 0.29) is 17.2 Å². The van der Waals surface area contributed by atoms with Crippen LogP contribution < -0.4 is 0 Å². The minimum Gasteiger partial charge on any atom is -0.391 e. The highest BCUT2D eigenvalue weighted by Gasteiger charge is 2.50. The first-order valence-electron chi connectivity index (χ1n) is 6.56. The molecular formula is C13H30O2Si. The maximum atomic E-state index is 6.27. The summed E-state index contributed by atoms with van der Waals surface area (Å²) in [7, 11) is -2.12. The molecule has 0 fully saturated rings. The van der Waals surface area contributed by atoms with E-state index < -0.39 is 8.56 Å². The molecule has 0 unspecified atom stereocenters. The van der Waals surface area contributed by atoms with Crippen molar-refractivity contribution in [3.8, 4) is 0 Å². The van der Waals surface area contributed by atoms with Crippen LogP contribution in [0, 0.1) is 0 Å². The topological polar surface area (TPSA) is 18.5 Å². The monoisotopic (exact) mass is 246 g/mol. The average Bonchev–Trinajstić information content (AvgIpc) is 2.14. The van der Waals surface area contributed by atoms with Gasteiger partial charge in [0, 0.05) is 17.2 Å². The van der Waals surface area contributed by atoms with Crippen molar-refractivity contribution in [3.05, 3.63) is 0 Å². The van der Waals surface area contributed by atoms with E-state index >= 15 is 0 Å². The fourth-order valence-electron chi connectivity index (χ4n) is 2.02. The highest BCUT2D eigenvalue weighted by atomic mass is 28.4. The molecule has 0 N–H and O–H groups in total. The first-order valence-corrected chi connectivity index (χ1v) is 8.58. The molecule has 0 aliphatic rings. The van der Waals surface area contributed by atoms with Crippen molar-refractivity contribution < 1.29 is 8.85 Å². The van der Waals surface area contributed by atoms with Gasteiger partial charge in [-0.25, -0.2) is 0 Å². The predicted molar refractivity (Wildman–Crippen MR) is 73.0 cm³/mol. The van der Waals surface area contributed by atoms with E-state index in [0.29, 0.717) is 0 Å². The van der Waals surface area contributed by atoms with Gasteiger partial charge >= 0.3 is 8.56 Å².